The van der Waals surface area contributed by atoms with Crippen molar-refractivity contribution in [1.82, 2.24) is 19.8 Å². The summed E-state index contributed by atoms with van der Waals surface area (Å²) in [5.74, 6) is -0.455. The average Bonchev–Trinajstić information content (AvgIpc) is 3.60. The van der Waals surface area contributed by atoms with Crippen molar-refractivity contribution in [3.63, 3.8) is 0 Å². The molecule has 2 N–H and O–H groups in total. The first-order valence-electron chi connectivity index (χ1n) is 13.2. The van der Waals surface area contributed by atoms with E-state index < -0.39 is 0 Å². The third-order valence-electron chi connectivity index (χ3n) is 7.10. The smallest absolute Gasteiger partial charge is 0.337 e. The van der Waals surface area contributed by atoms with Crippen LogP contribution in [0, 0.1) is 0 Å². The number of benzene rings is 2. The van der Waals surface area contributed by atoms with Crippen molar-refractivity contribution in [2.75, 3.05) is 19.0 Å². The molecule has 4 aromatic rings. The van der Waals surface area contributed by atoms with Gasteiger partial charge in [0.15, 0.2) is 5.11 Å². The predicted octanol–water partition coefficient (Wildman–Crippen LogP) is 5.22. The van der Waals surface area contributed by atoms with Crippen LogP contribution in [0.1, 0.15) is 52.7 Å². The molecule has 0 saturated carbocycles. The summed E-state index contributed by atoms with van der Waals surface area (Å²) in [6, 6.07) is 24.5. The van der Waals surface area contributed by atoms with E-state index in [0.717, 1.165) is 34.7 Å². The summed E-state index contributed by atoms with van der Waals surface area (Å²) >= 11 is 5.80. The number of aromatic nitrogens is 2. The number of thiocarbonyl (C=S) groups is 1. The molecule has 9 heteroatoms. The van der Waals surface area contributed by atoms with Crippen LogP contribution in [0.4, 0.5) is 5.69 Å². The summed E-state index contributed by atoms with van der Waals surface area (Å²) in [5.41, 5.74) is 5.13. The summed E-state index contributed by atoms with van der Waals surface area (Å²) in [7, 11) is 1.37. The van der Waals surface area contributed by atoms with Gasteiger partial charge in [0.1, 0.15) is 0 Å². The van der Waals surface area contributed by atoms with Gasteiger partial charge in [0.2, 0.25) is 5.91 Å². The second-order valence-corrected chi connectivity index (χ2v) is 9.86. The van der Waals surface area contributed by atoms with E-state index in [9.17, 15) is 9.59 Å². The largest absolute Gasteiger partial charge is 0.465 e. The van der Waals surface area contributed by atoms with Gasteiger partial charge in [-0.2, -0.15) is 0 Å². The number of ether oxygens (including phenoxy) is 1. The molecule has 0 unspecified atom stereocenters. The van der Waals surface area contributed by atoms with E-state index in [4.69, 9.17) is 17.0 Å². The van der Waals surface area contributed by atoms with Crippen molar-refractivity contribution in [2.45, 2.75) is 31.8 Å². The maximum absolute atomic E-state index is 13.0. The highest BCUT2D eigenvalue weighted by molar-refractivity contribution is 7.80. The fourth-order valence-electron chi connectivity index (χ4n) is 5.10. The molecule has 0 radical (unpaired) electrons. The number of nitrogens with zero attached hydrogens (tertiary/aromatic N) is 3. The molecule has 1 amide bonds. The van der Waals surface area contributed by atoms with E-state index >= 15 is 0 Å². The van der Waals surface area contributed by atoms with Crippen LogP contribution in [0.2, 0.25) is 0 Å². The lowest BCUT2D eigenvalue weighted by Crippen LogP contribution is -2.33. The van der Waals surface area contributed by atoms with Gasteiger partial charge in [0, 0.05) is 42.4 Å². The van der Waals surface area contributed by atoms with Gasteiger partial charge in [-0.3, -0.25) is 9.78 Å². The van der Waals surface area contributed by atoms with Crippen molar-refractivity contribution >= 4 is 34.9 Å². The number of pyridine rings is 1. The number of nitrogens with one attached hydrogen (secondary N) is 2. The fourth-order valence-corrected chi connectivity index (χ4v) is 5.43. The van der Waals surface area contributed by atoms with Crippen LogP contribution in [-0.4, -0.2) is 45.1 Å². The Balaban J connectivity index is 1.43. The van der Waals surface area contributed by atoms with Crippen LogP contribution in [0.5, 0.6) is 0 Å². The maximum Gasteiger partial charge on any atom is 0.337 e. The topological polar surface area (TPSA) is 88.5 Å². The third kappa shape index (κ3) is 5.60. The van der Waals surface area contributed by atoms with Crippen molar-refractivity contribution in [3.8, 4) is 5.69 Å². The monoisotopic (exact) mass is 553 g/mol. The van der Waals surface area contributed by atoms with E-state index in [2.05, 4.69) is 38.1 Å². The summed E-state index contributed by atoms with van der Waals surface area (Å²) in [6.45, 7) is 2.49. The lowest BCUT2D eigenvalue weighted by Gasteiger charge is -2.29. The van der Waals surface area contributed by atoms with E-state index in [0.29, 0.717) is 17.2 Å². The van der Waals surface area contributed by atoms with Crippen LogP contribution in [-0.2, 0) is 16.0 Å². The highest BCUT2D eigenvalue weighted by Gasteiger charge is 2.41. The molecular formula is C31H31N5O3S. The summed E-state index contributed by atoms with van der Waals surface area (Å²) in [4.78, 5) is 31.7. The minimum absolute atomic E-state index is 0.0717. The van der Waals surface area contributed by atoms with E-state index in [1.54, 1.807) is 18.3 Å². The Morgan fingerprint density at radius 2 is 1.80 bits per heavy atom. The number of amides is 1. The van der Waals surface area contributed by atoms with Crippen molar-refractivity contribution in [1.29, 1.82) is 0 Å². The first-order chi connectivity index (χ1) is 19.5. The number of esters is 1. The number of rotatable bonds is 9. The molecule has 2 atom stereocenters. The van der Waals surface area contributed by atoms with E-state index in [-0.39, 0.29) is 30.4 Å². The average molecular weight is 554 g/mol. The van der Waals surface area contributed by atoms with Gasteiger partial charge in [-0.25, -0.2) is 4.79 Å². The number of hydrogen-bond acceptors (Lipinski definition) is 5. The van der Waals surface area contributed by atoms with Crippen LogP contribution in [0.25, 0.3) is 5.69 Å². The quantitative estimate of drug-likeness (QED) is 0.217. The number of para-hydroxylation sites is 1. The third-order valence-corrected chi connectivity index (χ3v) is 7.45. The minimum atomic E-state index is -0.383. The molecule has 2 aromatic carbocycles. The zero-order valence-electron chi connectivity index (χ0n) is 22.4. The van der Waals surface area contributed by atoms with Gasteiger partial charge < -0.3 is 24.8 Å². The van der Waals surface area contributed by atoms with Gasteiger partial charge in [-0.1, -0.05) is 31.2 Å². The van der Waals surface area contributed by atoms with Gasteiger partial charge in [-0.05, 0) is 78.8 Å². The fraction of sp³-hybridized carbons (Fsp3) is 0.226. The Labute approximate surface area is 239 Å². The predicted molar refractivity (Wildman–Crippen MR) is 158 cm³/mol. The zero-order valence-corrected chi connectivity index (χ0v) is 23.2. The van der Waals surface area contributed by atoms with Crippen LogP contribution in [0.3, 0.4) is 0 Å². The highest BCUT2D eigenvalue weighted by atomic mass is 32.1. The molecule has 0 spiro atoms. The molecule has 1 fully saturated rings. The molecular weight excluding hydrogens is 522 g/mol. The van der Waals surface area contributed by atoms with Crippen LogP contribution >= 0.6 is 12.2 Å². The number of anilines is 1. The lowest BCUT2D eigenvalue weighted by molar-refractivity contribution is -0.116. The van der Waals surface area contributed by atoms with E-state index in [1.807, 2.05) is 66.9 Å². The summed E-state index contributed by atoms with van der Waals surface area (Å²) < 4.78 is 6.91. The first-order valence-corrected chi connectivity index (χ1v) is 13.6. The lowest BCUT2D eigenvalue weighted by atomic mass is 10.0. The molecule has 3 heterocycles. The molecule has 1 saturated heterocycles. The molecule has 5 rings (SSSR count). The van der Waals surface area contributed by atoms with Crippen molar-refractivity contribution in [2.24, 2.45) is 0 Å². The second kappa shape index (κ2) is 12.1. The minimum Gasteiger partial charge on any atom is -0.465 e. The Morgan fingerprint density at radius 1 is 1.02 bits per heavy atom. The maximum atomic E-state index is 13.0. The Morgan fingerprint density at radius 3 is 2.52 bits per heavy atom. The number of methoxy groups -OCH3 is 1. The van der Waals surface area contributed by atoms with Gasteiger partial charge in [0.05, 0.1) is 30.5 Å². The van der Waals surface area contributed by atoms with E-state index in [1.165, 1.54) is 7.11 Å². The highest BCUT2D eigenvalue weighted by Crippen LogP contribution is 2.39. The van der Waals surface area contributed by atoms with Crippen molar-refractivity contribution in [3.05, 3.63) is 114 Å². The Bertz CT molecular complexity index is 1500. The number of hydrogen-bond donors (Lipinski definition) is 2. The number of carbonyl (C=O) groups is 2. The van der Waals surface area contributed by atoms with Crippen LogP contribution in [0.15, 0.2) is 91.3 Å². The number of aryl methyl sites for hydroxylation is 1. The molecule has 0 aliphatic carbocycles. The molecule has 204 valence electrons. The Hall–Kier alpha value is -4.50. The molecule has 8 nitrogen and oxygen atoms in total. The van der Waals surface area contributed by atoms with Crippen molar-refractivity contribution < 1.29 is 14.3 Å². The second-order valence-electron chi connectivity index (χ2n) is 9.47. The van der Waals surface area contributed by atoms with Gasteiger partial charge in [0.25, 0.3) is 0 Å². The molecule has 1 aliphatic rings. The van der Waals surface area contributed by atoms with Gasteiger partial charge in [-0.15, -0.1) is 0 Å². The molecule has 0 bridgehead atoms. The summed E-state index contributed by atoms with van der Waals surface area (Å²) in [6.07, 6.45) is 4.84. The van der Waals surface area contributed by atoms with Gasteiger partial charge >= 0.3 is 5.97 Å². The molecule has 40 heavy (non-hydrogen) atoms. The molecule has 2 aromatic heterocycles. The van der Waals surface area contributed by atoms with Crippen LogP contribution < -0.4 is 10.6 Å². The number of carbonyl (C=O) groups excluding carboxylic acids is 2. The molecule has 1 aliphatic heterocycles. The first kappa shape index (κ1) is 27.1. The standard InChI is InChI=1S/C31H31N5O3S/c1-3-21-9-4-5-10-24(21)33-27(37)17-20-36-29(28(34-31(36)40)25-11-6-7-18-32-25)26-12-8-19-35(26)23-15-13-22(14-16-23)30(38)39-2/h4-16,18-19,28-29H,3,17,20H2,1-2H3,(H,33,37)(H,34,40)/t28-,29-/m1/s1. The SMILES string of the molecule is CCc1ccccc1NC(=O)CCN1C(=S)N[C@H](c2ccccn2)[C@H]1c1cccn1-c1ccc(C(=O)OC)cc1. The Kier molecular flexibility index (Phi) is 8.21. The zero-order chi connectivity index (χ0) is 28.1. The normalized spacial score (nSPS) is 16.4. The summed E-state index contributed by atoms with van der Waals surface area (Å²) in [5, 5.41) is 7.08.